The molecule has 0 bridgehead atoms. The Balaban J connectivity index is 1.29. The zero-order valence-corrected chi connectivity index (χ0v) is 18.9. The molecule has 9 heteroatoms. The van der Waals surface area contributed by atoms with Gasteiger partial charge in [0.2, 0.25) is 0 Å². The molecule has 4 aromatic rings. The molecule has 0 saturated heterocycles. The highest BCUT2D eigenvalue weighted by Gasteiger charge is 2.10. The van der Waals surface area contributed by atoms with Gasteiger partial charge in [-0.15, -0.1) is 11.8 Å². The van der Waals surface area contributed by atoms with Gasteiger partial charge in [0.1, 0.15) is 6.54 Å². The van der Waals surface area contributed by atoms with Crippen molar-refractivity contribution in [1.29, 1.82) is 0 Å². The summed E-state index contributed by atoms with van der Waals surface area (Å²) >= 11 is 7.56. The topological polar surface area (TPSA) is 93.1 Å². The third-order valence-electron chi connectivity index (χ3n) is 4.80. The lowest BCUT2D eigenvalue weighted by molar-refractivity contribution is -0.122. The Kier molecular flexibility index (Phi) is 7.07. The minimum Gasteiger partial charge on any atom is -0.289 e. The van der Waals surface area contributed by atoms with Gasteiger partial charge in [0.15, 0.2) is 0 Å². The molecule has 33 heavy (non-hydrogen) atoms. The van der Waals surface area contributed by atoms with Crippen LogP contribution in [0.1, 0.15) is 15.9 Å². The molecule has 0 aliphatic heterocycles. The largest absolute Gasteiger partial charge is 0.289 e. The number of aromatic nitrogens is 2. The minimum atomic E-state index is -0.543. The Morgan fingerprint density at radius 1 is 0.939 bits per heavy atom. The number of halogens is 1. The first-order chi connectivity index (χ1) is 16.0. The summed E-state index contributed by atoms with van der Waals surface area (Å²) in [5, 5.41) is 1.12. The quantitative estimate of drug-likeness (QED) is 0.325. The number of thioether (sulfide) groups is 1. The first kappa shape index (κ1) is 22.6. The third-order valence-corrected chi connectivity index (χ3v) is 6.13. The molecular formula is C24H19ClN4O3S. The molecule has 4 rings (SSSR count). The highest BCUT2D eigenvalue weighted by atomic mass is 35.5. The van der Waals surface area contributed by atoms with Crippen LogP contribution in [-0.4, -0.2) is 21.4 Å². The Morgan fingerprint density at radius 3 is 2.42 bits per heavy atom. The summed E-state index contributed by atoms with van der Waals surface area (Å²) in [7, 11) is 0. The minimum absolute atomic E-state index is 0.266. The van der Waals surface area contributed by atoms with Crippen molar-refractivity contribution in [2.45, 2.75) is 17.2 Å². The molecule has 7 nitrogen and oxygen atoms in total. The van der Waals surface area contributed by atoms with Gasteiger partial charge in [-0.2, -0.15) is 0 Å². The fourth-order valence-electron chi connectivity index (χ4n) is 3.06. The fourth-order valence-corrected chi connectivity index (χ4v) is 4.04. The second kappa shape index (κ2) is 10.3. The summed E-state index contributed by atoms with van der Waals surface area (Å²) < 4.78 is 1.19. The molecule has 0 radical (unpaired) electrons. The van der Waals surface area contributed by atoms with Gasteiger partial charge in [-0.3, -0.25) is 29.8 Å². The number of carbonyl (C=O) groups is 2. The van der Waals surface area contributed by atoms with Crippen LogP contribution in [0.25, 0.3) is 10.9 Å². The van der Waals surface area contributed by atoms with Crippen LogP contribution < -0.4 is 16.4 Å². The van der Waals surface area contributed by atoms with Crippen molar-refractivity contribution >= 4 is 46.1 Å². The highest BCUT2D eigenvalue weighted by Crippen LogP contribution is 2.24. The number of carbonyl (C=O) groups excluding carboxylic acids is 2. The first-order valence-corrected chi connectivity index (χ1v) is 11.4. The average molecular weight is 479 g/mol. The van der Waals surface area contributed by atoms with E-state index in [1.54, 1.807) is 48.2 Å². The van der Waals surface area contributed by atoms with Crippen LogP contribution in [0.2, 0.25) is 5.02 Å². The number of nitrogens with zero attached hydrogens (tertiary/aromatic N) is 2. The summed E-state index contributed by atoms with van der Waals surface area (Å²) in [5.41, 5.74) is 6.39. The molecule has 0 aliphatic carbocycles. The molecule has 1 heterocycles. The predicted octanol–water partition coefficient (Wildman–Crippen LogP) is 3.80. The molecule has 166 valence electrons. The van der Waals surface area contributed by atoms with Crippen LogP contribution in [0.4, 0.5) is 0 Å². The number of hydrogen-bond acceptors (Lipinski definition) is 5. The molecule has 0 spiro atoms. The van der Waals surface area contributed by atoms with E-state index in [1.807, 2.05) is 36.4 Å². The van der Waals surface area contributed by atoms with Crippen LogP contribution in [-0.2, 0) is 17.1 Å². The van der Waals surface area contributed by atoms with E-state index in [-0.39, 0.29) is 12.1 Å². The SMILES string of the molecule is O=C(Cn1cnc2ccccc2c1=O)NNC(=O)c1ccc(CSc2ccc(Cl)cc2)cc1. The Hall–Kier alpha value is -3.62. The van der Waals surface area contributed by atoms with Crippen LogP contribution in [0.3, 0.4) is 0 Å². The van der Waals surface area contributed by atoms with Crippen LogP contribution in [0.15, 0.2) is 88.8 Å². The van der Waals surface area contributed by atoms with Crippen molar-refractivity contribution in [2.75, 3.05) is 0 Å². The smallest absolute Gasteiger partial charge is 0.269 e. The number of fused-ring (bicyclic) bond motifs is 1. The monoisotopic (exact) mass is 478 g/mol. The van der Waals surface area contributed by atoms with Gasteiger partial charge in [-0.1, -0.05) is 35.9 Å². The zero-order chi connectivity index (χ0) is 23.2. The normalized spacial score (nSPS) is 10.7. The molecule has 0 atom stereocenters. The number of para-hydroxylation sites is 1. The maximum absolute atomic E-state index is 12.5. The number of hydrogen-bond donors (Lipinski definition) is 2. The second-order valence-electron chi connectivity index (χ2n) is 7.14. The van der Waals surface area contributed by atoms with Crippen molar-refractivity contribution in [3.8, 4) is 0 Å². The van der Waals surface area contributed by atoms with Gasteiger partial charge in [-0.05, 0) is 54.1 Å². The third kappa shape index (κ3) is 5.79. The van der Waals surface area contributed by atoms with E-state index in [9.17, 15) is 14.4 Å². The lowest BCUT2D eigenvalue weighted by Gasteiger charge is -2.10. The Labute approximate surface area is 198 Å². The van der Waals surface area contributed by atoms with Crippen molar-refractivity contribution < 1.29 is 9.59 Å². The van der Waals surface area contributed by atoms with Gasteiger partial charge in [0.05, 0.1) is 17.2 Å². The maximum Gasteiger partial charge on any atom is 0.269 e. The van der Waals surface area contributed by atoms with E-state index < -0.39 is 11.8 Å². The Bertz CT molecular complexity index is 1360. The van der Waals surface area contributed by atoms with E-state index in [0.717, 1.165) is 16.2 Å². The average Bonchev–Trinajstić information content (AvgIpc) is 2.84. The number of nitrogens with one attached hydrogen (secondary N) is 2. The zero-order valence-electron chi connectivity index (χ0n) is 17.3. The van der Waals surface area contributed by atoms with E-state index >= 15 is 0 Å². The van der Waals surface area contributed by atoms with E-state index in [1.165, 1.54) is 10.9 Å². The molecule has 3 aromatic carbocycles. The number of rotatable bonds is 6. The summed E-state index contributed by atoms with van der Waals surface area (Å²) in [6, 6.07) is 21.6. The second-order valence-corrected chi connectivity index (χ2v) is 8.62. The molecular weight excluding hydrogens is 460 g/mol. The van der Waals surface area contributed by atoms with Gasteiger partial charge in [0.25, 0.3) is 17.4 Å². The summed E-state index contributed by atoms with van der Waals surface area (Å²) in [6.45, 7) is -0.266. The molecule has 0 aliphatic rings. The predicted molar refractivity (Wildman–Crippen MR) is 129 cm³/mol. The number of amides is 2. The summed E-state index contributed by atoms with van der Waals surface area (Å²) in [5.74, 6) is -0.253. The summed E-state index contributed by atoms with van der Waals surface area (Å²) in [6.07, 6.45) is 1.31. The maximum atomic E-state index is 12.5. The first-order valence-electron chi connectivity index (χ1n) is 10.0. The molecule has 1 aromatic heterocycles. The van der Waals surface area contributed by atoms with Crippen LogP contribution in [0.5, 0.6) is 0 Å². The van der Waals surface area contributed by atoms with Crippen molar-refractivity contribution in [2.24, 2.45) is 0 Å². The summed E-state index contributed by atoms with van der Waals surface area (Å²) in [4.78, 5) is 42.3. The standard InChI is InChI=1S/C24H19ClN4O3S/c25-18-9-11-19(12-10-18)33-14-16-5-7-17(8-6-16)23(31)28-27-22(30)13-29-15-26-21-4-2-1-3-20(21)24(29)32/h1-12,15H,13-14H2,(H,27,30)(H,28,31). The van der Waals surface area contributed by atoms with E-state index in [4.69, 9.17) is 11.6 Å². The number of benzene rings is 3. The van der Waals surface area contributed by atoms with Crippen molar-refractivity contribution in [1.82, 2.24) is 20.4 Å². The van der Waals surface area contributed by atoms with E-state index in [0.29, 0.717) is 21.5 Å². The highest BCUT2D eigenvalue weighted by molar-refractivity contribution is 7.98. The van der Waals surface area contributed by atoms with Gasteiger partial charge >= 0.3 is 0 Å². The fraction of sp³-hybridized carbons (Fsp3) is 0.0833. The number of hydrazine groups is 1. The lowest BCUT2D eigenvalue weighted by atomic mass is 10.1. The Morgan fingerprint density at radius 2 is 1.67 bits per heavy atom. The van der Waals surface area contributed by atoms with Crippen molar-refractivity contribution in [3.63, 3.8) is 0 Å². The molecule has 2 N–H and O–H groups in total. The van der Waals surface area contributed by atoms with E-state index in [2.05, 4.69) is 15.8 Å². The van der Waals surface area contributed by atoms with Gasteiger partial charge in [0, 0.05) is 21.2 Å². The molecule has 2 amide bonds. The van der Waals surface area contributed by atoms with Crippen LogP contribution >= 0.6 is 23.4 Å². The molecule has 0 fully saturated rings. The van der Waals surface area contributed by atoms with Crippen molar-refractivity contribution in [3.05, 3.63) is 106 Å². The van der Waals surface area contributed by atoms with Gasteiger partial charge < -0.3 is 0 Å². The van der Waals surface area contributed by atoms with Crippen LogP contribution in [0, 0.1) is 0 Å². The lowest BCUT2D eigenvalue weighted by Crippen LogP contribution is -2.44. The molecule has 0 unspecified atom stereocenters. The van der Waals surface area contributed by atoms with Gasteiger partial charge in [-0.25, -0.2) is 4.98 Å². The molecule has 0 saturated carbocycles.